The molecule has 0 atom stereocenters. The lowest BCUT2D eigenvalue weighted by Crippen LogP contribution is -2.00. The fraction of sp³-hybridized carbons (Fsp3) is 0.0833. The molecule has 0 bridgehead atoms. The number of aliphatic carboxylic acids is 1. The van der Waals surface area contributed by atoms with Crippen LogP contribution in [0.25, 0.3) is 10.8 Å². The third kappa shape index (κ3) is 1.59. The molecule has 2 rings (SSSR count). The molecule has 70 valence electrons. The number of rotatable bonds is 2. The van der Waals surface area contributed by atoms with Crippen LogP contribution in [0, 0.1) is 0 Å². The standard InChI is InChI=1S/C12H10O2/c13-12(14)8-10-6-3-5-9-4-1-2-7-11(9)10/h1-7H,8H2,(H,13,14)/i8D2. The molecule has 0 unspecified atom stereocenters. The molecule has 14 heavy (non-hydrogen) atoms. The van der Waals surface area contributed by atoms with Crippen molar-refractivity contribution >= 4 is 16.7 Å². The summed E-state index contributed by atoms with van der Waals surface area (Å²) in [5.74, 6) is -1.47. The lowest BCUT2D eigenvalue weighted by molar-refractivity contribution is -0.136. The summed E-state index contributed by atoms with van der Waals surface area (Å²) in [5.41, 5.74) is 0.193. The first kappa shape index (κ1) is 6.60. The largest absolute Gasteiger partial charge is 0.481 e. The van der Waals surface area contributed by atoms with E-state index in [1.165, 1.54) is 6.07 Å². The van der Waals surface area contributed by atoms with Crippen LogP contribution < -0.4 is 0 Å². The van der Waals surface area contributed by atoms with E-state index >= 15 is 0 Å². The monoisotopic (exact) mass is 188 g/mol. The van der Waals surface area contributed by atoms with Crippen LogP contribution in [0.5, 0.6) is 0 Å². The summed E-state index contributed by atoms with van der Waals surface area (Å²) < 4.78 is 15.1. The number of benzene rings is 2. The van der Waals surface area contributed by atoms with Crippen LogP contribution in [0.4, 0.5) is 0 Å². The molecule has 2 heteroatoms. The lowest BCUT2D eigenvalue weighted by Gasteiger charge is -2.02. The third-order valence-electron chi connectivity index (χ3n) is 2.03. The number of carboxylic acids is 1. The van der Waals surface area contributed by atoms with E-state index in [1.807, 2.05) is 18.2 Å². The Morgan fingerprint density at radius 2 is 1.93 bits per heavy atom. The van der Waals surface area contributed by atoms with Gasteiger partial charge >= 0.3 is 5.97 Å². The summed E-state index contributed by atoms with van der Waals surface area (Å²) in [6.07, 6.45) is -2.36. The fourth-order valence-electron chi connectivity index (χ4n) is 1.45. The van der Waals surface area contributed by atoms with E-state index in [2.05, 4.69) is 0 Å². The van der Waals surface area contributed by atoms with Crippen molar-refractivity contribution in [3.8, 4) is 0 Å². The highest BCUT2D eigenvalue weighted by molar-refractivity contribution is 5.88. The zero-order valence-electron chi connectivity index (χ0n) is 9.40. The Morgan fingerprint density at radius 3 is 2.71 bits per heavy atom. The molecule has 0 aromatic heterocycles. The summed E-state index contributed by atoms with van der Waals surface area (Å²) in [5, 5.41) is 10.4. The first-order valence-corrected chi connectivity index (χ1v) is 4.25. The molecule has 2 aromatic carbocycles. The normalized spacial score (nSPS) is 13.4. The Hall–Kier alpha value is -1.83. The minimum Gasteiger partial charge on any atom is -0.481 e. The highest BCUT2D eigenvalue weighted by Crippen LogP contribution is 2.18. The fourth-order valence-corrected chi connectivity index (χ4v) is 1.45. The summed E-state index contributed by atoms with van der Waals surface area (Å²) in [6, 6.07) is 12.2. The van der Waals surface area contributed by atoms with E-state index in [9.17, 15) is 4.79 Å². The van der Waals surface area contributed by atoms with E-state index in [0.29, 0.717) is 5.39 Å². The molecule has 0 aliphatic rings. The molecule has 1 N–H and O–H groups in total. The Bertz CT molecular complexity index is 544. The van der Waals surface area contributed by atoms with Crippen LogP contribution in [0.15, 0.2) is 42.5 Å². The maximum Gasteiger partial charge on any atom is 0.307 e. The Morgan fingerprint density at radius 1 is 1.21 bits per heavy atom. The molecular formula is C12H10O2. The van der Waals surface area contributed by atoms with Crippen molar-refractivity contribution in [2.24, 2.45) is 0 Å². The summed E-state index contributed by atoms with van der Waals surface area (Å²) in [6.45, 7) is 0. The zero-order chi connectivity index (χ0) is 11.8. The number of hydrogen-bond acceptors (Lipinski definition) is 1. The summed E-state index contributed by atoms with van der Waals surface area (Å²) >= 11 is 0. The molecule has 0 aliphatic carbocycles. The van der Waals surface area contributed by atoms with Gasteiger partial charge in [0.15, 0.2) is 0 Å². The van der Waals surface area contributed by atoms with Crippen molar-refractivity contribution < 1.29 is 12.6 Å². The van der Waals surface area contributed by atoms with Gasteiger partial charge in [0.2, 0.25) is 0 Å². The van der Waals surface area contributed by atoms with Gasteiger partial charge in [-0.3, -0.25) is 4.79 Å². The Kier molecular flexibility index (Phi) is 1.65. The maximum atomic E-state index is 10.9. The Balaban J connectivity index is 2.74. The highest BCUT2D eigenvalue weighted by Gasteiger charge is 2.03. The molecule has 2 aromatic rings. The first-order chi connectivity index (χ1) is 7.53. The van der Waals surface area contributed by atoms with Gasteiger partial charge in [0.05, 0.1) is 6.37 Å². The third-order valence-corrected chi connectivity index (χ3v) is 2.03. The molecule has 0 amide bonds. The van der Waals surface area contributed by atoms with E-state index in [-0.39, 0.29) is 5.56 Å². The van der Waals surface area contributed by atoms with Crippen molar-refractivity contribution in [2.45, 2.75) is 6.37 Å². The summed E-state index contributed by atoms with van der Waals surface area (Å²) in [4.78, 5) is 10.9. The number of carbonyl (C=O) groups is 1. The quantitative estimate of drug-likeness (QED) is 0.786. The van der Waals surface area contributed by atoms with Gasteiger partial charge in [0.1, 0.15) is 0 Å². The van der Waals surface area contributed by atoms with Crippen molar-refractivity contribution in [3.63, 3.8) is 0 Å². The molecule has 0 fully saturated rings. The molecule has 0 saturated carbocycles. The predicted molar refractivity (Wildman–Crippen MR) is 55.3 cm³/mol. The van der Waals surface area contributed by atoms with Crippen LogP contribution in [0.3, 0.4) is 0 Å². The molecule has 0 saturated heterocycles. The SMILES string of the molecule is [2H]C([2H])(C(=O)O)c1cccc2ccccc12. The number of hydrogen-bond donors (Lipinski definition) is 1. The topological polar surface area (TPSA) is 37.3 Å². The Labute approximate surface area is 84.6 Å². The van der Waals surface area contributed by atoms with Crippen molar-refractivity contribution in [1.29, 1.82) is 0 Å². The van der Waals surface area contributed by atoms with Gasteiger partial charge in [0.25, 0.3) is 0 Å². The first-order valence-electron chi connectivity index (χ1n) is 5.25. The smallest absolute Gasteiger partial charge is 0.307 e. The van der Waals surface area contributed by atoms with Crippen LogP contribution in [-0.4, -0.2) is 11.1 Å². The molecule has 0 spiro atoms. The van der Waals surface area contributed by atoms with Crippen LogP contribution in [-0.2, 0) is 11.2 Å². The van der Waals surface area contributed by atoms with Gasteiger partial charge < -0.3 is 5.11 Å². The van der Waals surface area contributed by atoms with Crippen molar-refractivity contribution in [1.82, 2.24) is 0 Å². The van der Waals surface area contributed by atoms with Crippen LogP contribution >= 0.6 is 0 Å². The van der Waals surface area contributed by atoms with Gasteiger partial charge in [-0.05, 0) is 16.3 Å². The second-order valence-electron chi connectivity index (χ2n) is 2.96. The van der Waals surface area contributed by atoms with E-state index in [0.717, 1.165) is 5.39 Å². The van der Waals surface area contributed by atoms with Gasteiger partial charge in [-0.2, -0.15) is 0 Å². The minimum absolute atomic E-state index is 0.193. The predicted octanol–water partition coefficient (Wildman–Crippen LogP) is 2.47. The molecule has 0 heterocycles. The maximum absolute atomic E-state index is 10.9. The average molecular weight is 188 g/mol. The molecule has 2 nitrogen and oxygen atoms in total. The minimum atomic E-state index is -2.36. The highest BCUT2D eigenvalue weighted by atomic mass is 16.4. The van der Waals surface area contributed by atoms with Gasteiger partial charge in [-0.25, -0.2) is 0 Å². The molecule has 0 aliphatic heterocycles. The van der Waals surface area contributed by atoms with Crippen molar-refractivity contribution in [2.75, 3.05) is 0 Å². The van der Waals surface area contributed by atoms with Gasteiger partial charge in [-0.1, -0.05) is 42.5 Å². The second-order valence-corrected chi connectivity index (χ2v) is 2.96. The van der Waals surface area contributed by atoms with Gasteiger partial charge in [-0.15, -0.1) is 0 Å². The number of carboxylic acid groups (broad SMARTS) is 1. The second kappa shape index (κ2) is 3.50. The number of fused-ring (bicyclic) bond motifs is 1. The van der Waals surface area contributed by atoms with Crippen LogP contribution in [0.2, 0.25) is 0 Å². The molecular weight excluding hydrogens is 176 g/mol. The zero-order valence-corrected chi connectivity index (χ0v) is 7.40. The van der Waals surface area contributed by atoms with E-state index in [4.69, 9.17) is 7.85 Å². The van der Waals surface area contributed by atoms with Crippen LogP contribution in [0.1, 0.15) is 8.30 Å². The van der Waals surface area contributed by atoms with E-state index in [1.54, 1.807) is 18.2 Å². The van der Waals surface area contributed by atoms with Crippen molar-refractivity contribution in [3.05, 3.63) is 48.0 Å². The summed E-state index contributed by atoms with van der Waals surface area (Å²) in [7, 11) is 0. The van der Waals surface area contributed by atoms with E-state index < -0.39 is 12.3 Å². The van der Waals surface area contributed by atoms with Gasteiger partial charge in [0, 0.05) is 2.74 Å². The molecule has 0 radical (unpaired) electrons. The lowest BCUT2D eigenvalue weighted by atomic mass is 10.0. The average Bonchev–Trinajstić information content (AvgIpc) is 2.28.